The van der Waals surface area contributed by atoms with Gasteiger partial charge < -0.3 is 0 Å². The Bertz CT molecular complexity index is 458. The first-order valence-corrected chi connectivity index (χ1v) is 12.4. The molecule has 0 amide bonds. The van der Waals surface area contributed by atoms with Crippen molar-refractivity contribution in [3.05, 3.63) is 29.8 Å². The summed E-state index contributed by atoms with van der Waals surface area (Å²) < 4.78 is 24.0. The summed E-state index contributed by atoms with van der Waals surface area (Å²) in [7, 11) is -3.24. The summed E-state index contributed by atoms with van der Waals surface area (Å²) in [4.78, 5) is 0.420. The van der Waals surface area contributed by atoms with Gasteiger partial charge in [0.1, 0.15) is 0 Å². The first-order valence-electron chi connectivity index (χ1n) is 5.67. The van der Waals surface area contributed by atoms with Crippen molar-refractivity contribution in [2.45, 2.75) is 37.5 Å². The summed E-state index contributed by atoms with van der Waals surface area (Å²) >= 11 is 0. The molecule has 17 heavy (non-hydrogen) atoms. The highest BCUT2D eigenvalue weighted by atomic mass is 33.1. The Balaban J connectivity index is 2.66. The lowest BCUT2D eigenvalue weighted by Gasteiger charge is -2.14. The first kappa shape index (κ1) is 14.8. The molecule has 0 heterocycles. The molecule has 0 unspecified atom stereocenters. The third-order valence-electron chi connectivity index (χ3n) is 2.40. The van der Waals surface area contributed by atoms with Crippen LogP contribution in [0.2, 0.25) is 25.7 Å². The predicted octanol–water partition coefficient (Wildman–Crippen LogP) is 3.76. The highest BCUT2D eigenvalue weighted by Crippen LogP contribution is 2.26. The number of hydrogen-bond donors (Lipinski definition) is 0. The summed E-state index contributed by atoms with van der Waals surface area (Å²) in [5, 5.41) is 0. The smallest absolute Gasteiger partial charge is 0.212 e. The molecule has 0 aliphatic carbocycles. The second kappa shape index (κ2) is 5.59. The molecule has 0 aromatic heterocycles. The third-order valence-corrected chi connectivity index (χ3v) is 8.05. The van der Waals surface area contributed by atoms with Gasteiger partial charge in [-0.2, -0.15) is 0 Å². The van der Waals surface area contributed by atoms with Crippen LogP contribution in [-0.2, 0) is 8.87 Å². The van der Waals surface area contributed by atoms with E-state index in [1.165, 1.54) is 0 Å². The Hall–Kier alpha value is -0.263. The quantitative estimate of drug-likeness (QED) is 0.611. The molecular formula is C12H20O2S2Si. The van der Waals surface area contributed by atoms with Gasteiger partial charge in [0.05, 0.1) is 4.90 Å². The molecule has 0 aliphatic rings. The Labute approximate surface area is 109 Å². The van der Waals surface area contributed by atoms with Gasteiger partial charge in [0.25, 0.3) is 0 Å². The zero-order valence-corrected chi connectivity index (χ0v) is 13.5. The van der Waals surface area contributed by atoms with Crippen LogP contribution in [0.25, 0.3) is 0 Å². The predicted molar refractivity (Wildman–Crippen MR) is 79.0 cm³/mol. The normalized spacial score (nSPS) is 12.7. The fourth-order valence-corrected chi connectivity index (χ4v) is 6.99. The maximum Gasteiger partial charge on any atom is 0.229 e. The molecule has 1 rings (SSSR count). The van der Waals surface area contributed by atoms with Crippen molar-refractivity contribution in [3.8, 4) is 0 Å². The van der Waals surface area contributed by atoms with Crippen molar-refractivity contribution >= 4 is 27.7 Å². The highest BCUT2D eigenvalue weighted by molar-refractivity contribution is 8.72. The molecule has 0 radical (unpaired) electrons. The van der Waals surface area contributed by atoms with Crippen molar-refractivity contribution in [3.63, 3.8) is 0 Å². The Morgan fingerprint density at radius 2 is 1.65 bits per heavy atom. The van der Waals surface area contributed by atoms with Crippen LogP contribution in [0.3, 0.4) is 0 Å². The molecule has 0 spiro atoms. The second-order valence-corrected chi connectivity index (χ2v) is 15.1. The van der Waals surface area contributed by atoms with Gasteiger partial charge in [-0.05, 0) is 35.9 Å². The average Bonchev–Trinajstić information content (AvgIpc) is 2.15. The van der Waals surface area contributed by atoms with E-state index in [-0.39, 0.29) is 0 Å². The Morgan fingerprint density at radius 3 is 2.12 bits per heavy atom. The van der Waals surface area contributed by atoms with Crippen molar-refractivity contribution in [1.82, 2.24) is 0 Å². The molecule has 2 nitrogen and oxygen atoms in total. The van der Waals surface area contributed by atoms with Gasteiger partial charge in [0.2, 0.25) is 8.87 Å². The monoisotopic (exact) mass is 288 g/mol. The molecule has 0 bridgehead atoms. The minimum atomic E-state index is -3.16. The van der Waals surface area contributed by atoms with E-state index >= 15 is 0 Å². The van der Waals surface area contributed by atoms with Crippen molar-refractivity contribution in [2.24, 2.45) is 0 Å². The largest absolute Gasteiger partial charge is 0.229 e. The lowest BCUT2D eigenvalue weighted by Crippen LogP contribution is -2.20. The SMILES string of the molecule is Cc1ccc(S(=O)(=O)SCC[Si](C)(C)C)cc1. The van der Waals surface area contributed by atoms with Crippen molar-refractivity contribution in [2.75, 3.05) is 5.75 Å². The molecule has 5 heteroatoms. The van der Waals surface area contributed by atoms with E-state index < -0.39 is 16.9 Å². The number of benzene rings is 1. The summed E-state index contributed by atoms with van der Waals surface area (Å²) in [5.41, 5.74) is 1.08. The van der Waals surface area contributed by atoms with Gasteiger partial charge >= 0.3 is 0 Å². The topological polar surface area (TPSA) is 34.1 Å². The Morgan fingerprint density at radius 1 is 1.12 bits per heavy atom. The van der Waals surface area contributed by atoms with Crippen LogP contribution >= 0.6 is 10.8 Å². The van der Waals surface area contributed by atoms with E-state index in [1.54, 1.807) is 12.1 Å². The summed E-state index contributed by atoms with van der Waals surface area (Å²) in [6.07, 6.45) is 0. The summed E-state index contributed by atoms with van der Waals surface area (Å²) in [5.74, 6) is 0.700. The number of rotatable bonds is 5. The van der Waals surface area contributed by atoms with E-state index in [4.69, 9.17) is 0 Å². The lowest BCUT2D eigenvalue weighted by atomic mass is 10.2. The van der Waals surface area contributed by atoms with Gasteiger partial charge in [0.15, 0.2) is 0 Å². The van der Waals surface area contributed by atoms with Crippen LogP contribution < -0.4 is 0 Å². The maximum absolute atomic E-state index is 12.0. The molecule has 0 N–H and O–H groups in total. The zero-order valence-electron chi connectivity index (χ0n) is 10.9. The first-order chi connectivity index (χ1) is 7.71. The van der Waals surface area contributed by atoms with Crippen LogP contribution in [0.1, 0.15) is 5.56 Å². The van der Waals surface area contributed by atoms with Crippen molar-refractivity contribution < 1.29 is 8.42 Å². The summed E-state index contributed by atoms with van der Waals surface area (Å²) in [6, 6.07) is 8.08. The fraction of sp³-hybridized carbons (Fsp3) is 0.500. The minimum absolute atomic E-state index is 0.420. The van der Waals surface area contributed by atoms with Gasteiger partial charge in [-0.15, -0.1) is 0 Å². The standard InChI is InChI=1S/C12H20O2S2Si/c1-11-5-7-12(8-6-11)16(13,14)15-9-10-17(2,3)4/h5-8H,9-10H2,1-4H3. The van der Waals surface area contributed by atoms with Crippen LogP contribution in [0.5, 0.6) is 0 Å². The van der Waals surface area contributed by atoms with E-state index in [9.17, 15) is 8.42 Å². The molecule has 0 saturated heterocycles. The minimum Gasteiger partial charge on any atom is -0.212 e. The highest BCUT2D eigenvalue weighted by Gasteiger charge is 2.18. The third kappa shape index (κ3) is 5.27. The molecular weight excluding hydrogens is 268 g/mol. The molecule has 0 aliphatic heterocycles. The average molecular weight is 289 g/mol. The van der Waals surface area contributed by atoms with Gasteiger partial charge in [-0.1, -0.05) is 37.3 Å². The molecule has 0 fully saturated rings. The van der Waals surface area contributed by atoms with Crippen LogP contribution in [0, 0.1) is 6.92 Å². The molecule has 0 saturated carbocycles. The fourth-order valence-electron chi connectivity index (χ4n) is 1.23. The van der Waals surface area contributed by atoms with E-state index in [0.29, 0.717) is 10.6 Å². The number of hydrogen-bond acceptors (Lipinski definition) is 3. The lowest BCUT2D eigenvalue weighted by molar-refractivity contribution is 0.610. The van der Waals surface area contributed by atoms with Gasteiger partial charge in [-0.25, -0.2) is 8.42 Å². The van der Waals surface area contributed by atoms with E-state index in [1.807, 2.05) is 19.1 Å². The van der Waals surface area contributed by atoms with Gasteiger partial charge in [0, 0.05) is 13.8 Å². The van der Waals surface area contributed by atoms with Gasteiger partial charge in [-0.3, -0.25) is 0 Å². The zero-order chi connectivity index (χ0) is 13.1. The maximum atomic E-state index is 12.0. The van der Waals surface area contributed by atoms with Crippen LogP contribution in [0.15, 0.2) is 29.2 Å². The van der Waals surface area contributed by atoms with E-state index in [2.05, 4.69) is 19.6 Å². The molecule has 96 valence electrons. The second-order valence-electron chi connectivity index (χ2n) is 5.40. The van der Waals surface area contributed by atoms with Crippen LogP contribution in [0.4, 0.5) is 0 Å². The number of aryl methyl sites for hydroxylation is 1. The van der Waals surface area contributed by atoms with Crippen LogP contribution in [-0.4, -0.2) is 22.2 Å². The molecule has 1 aromatic carbocycles. The van der Waals surface area contributed by atoms with Crippen molar-refractivity contribution in [1.29, 1.82) is 0 Å². The Kier molecular flexibility index (Phi) is 4.86. The summed E-state index contributed by atoms with van der Waals surface area (Å²) in [6.45, 7) is 8.72. The van der Waals surface area contributed by atoms with E-state index in [0.717, 1.165) is 22.4 Å². The molecule has 0 atom stereocenters. The molecule has 1 aromatic rings.